The van der Waals surface area contributed by atoms with Crippen LogP contribution in [-0.2, 0) is 25.6 Å². The second-order valence-electron chi connectivity index (χ2n) is 12.6. The molecule has 2 unspecified atom stereocenters. The van der Waals surface area contributed by atoms with Crippen LogP contribution >= 0.6 is 0 Å². The van der Waals surface area contributed by atoms with Crippen molar-refractivity contribution in [1.82, 2.24) is 4.90 Å². The van der Waals surface area contributed by atoms with E-state index in [1.54, 1.807) is 110 Å². The van der Waals surface area contributed by atoms with Crippen molar-refractivity contribution < 1.29 is 37.0 Å². The molecule has 0 aliphatic rings. The summed E-state index contributed by atoms with van der Waals surface area (Å²) in [6.07, 6.45) is 0. The number of likely N-dealkylation sites (N-methyl/N-ethyl adjacent to an activating group) is 1. The quantitative estimate of drug-likeness (QED) is 0.138. The Morgan fingerprint density at radius 3 is 2.09 bits per heavy atom. The van der Waals surface area contributed by atoms with Gasteiger partial charge in [0.25, 0.3) is 23.1 Å². The zero-order valence-corrected chi connectivity index (χ0v) is 28.6. The minimum Gasteiger partial charge on any atom is -0.483 e. The third-order valence-corrected chi connectivity index (χ3v) is 8.04. The zero-order chi connectivity index (χ0) is 34.6. The van der Waals surface area contributed by atoms with Gasteiger partial charge >= 0.3 is 5.97 Å². The largest absolute Gasteiger partial charge is 0.483 e. The van der Waals surface area contributed by atoms with Crippen LogP contribution in [0.5, 0.6) is 5.75 Å². The van der Waals surface area contributed by atoms with Crippen molar-refractivity contribution in [2.45, 2.75) is 53.2 Å². The Bertz CT molecular complexity index is 1770. The molecule has 4 aromatic rings. The van der Waals surface area contributed by atoms with Crippen molar-refractivity contribution in [2.75, 3.05) is 30.3 Å². The maximum atomic E-state index is 13.2. The maximum absolute atomic E-state index is 13.2. The Morgan fingerprint density at radius 1 is 0.957 bits per heavy atom. The molecule has 3 aromatic carbocycles. The molecule has 1 heterocycles. The molecule has 0 saturated heterocycles. The topological polar surface area (TPSA) is 139 Å². The highest BCUT2D eigenvalue weighted by atomic mass is 32.2. The molecule has 12 heteroatoms. The van der Waals surface area contributed by atoms with Crippen LogP contribution in [0.3, 0.4) is 0 Å². The van der Waals surface area contributed by atoms with Crippen LogP contribution in [0.1, 0.15) is 50.7 Å². The normalized spacial score (nSPS) is 12.8. The number of anilines is 2. The number of carbonyl (C=O) groups is 3. The molecule has 1 aromatic heterocycles. The summed E-state index contributed by atoms with van der Waals surface area (Å²) in [5, 5.41) is 3.49. The molecule has 0 aliphatic heterocycles. The lowest BCUT2D eigenvalue weighted by Crippen LogP contribution is -2.48. The van der Waals surface area contributed by atoms with Crippen molar-refractivity contribution >= 4 is 51.4 Å². The minimum absolute atomic E-state index is 0.131. The highest BCUT2D eigenvalue weighted by molar-refractivity contribution is 7.80. The number of rotatable bonds is 11. The SMILES string of the molecule is Cc1c(C(=O)Nc2ccc(-c3ccc(N(C(C(=O)OC(C)(C)C)C(C)C)S(=O)O)cc3)cc2)oc2cccc(OCC(=O)N(C)C)c12. The Hall–Kier alpha value is -4.68. The number of nitrogens with one attached hydrogen (secondary N) is 1. The molecule has 2 N–H and O–H groups in total. The number of ether oxygens (including phenoxy) is 2. The second kappa shape index (κ2) is 14.4. The average molecular weight is 664 g/mol. The summed E-state index contributed by atoms with van der Waals surface area (Å²) in [5.74, 6) is -0.937. The van der Waals surface area contributed by atoms with E-state index in [1.807, 2.05) is 12.1 Å². The van der Waals surface area contributed by atoms with Gasteiger partial charge in [0, 0.05) is 25.3 Å². The number of hydrogen-bond donors (Lipinski definition) is 2. The second-order valence-corrected chi connectivity index (χ2v) is 13.5. The molecule has 0 spiro atoms. The lowest BCUT2D eigenvalue weighted by Gasteiger charge is -2.33. The van der Waals surface area contributed by atoms with Gasteiger partial charge in [-0.2, -0.15) is 0 Å². The van der Waals surface area contributed by atoms with Crippen molar-refractivity contribution in [2.24, 2.45) is 5.92 Å². The molecule has 2 amide bonds. The molecule has 47 heavy (non-hydrogen) atoms. The first-order valence-electron chi connectivity index (χ1n) is 15.1. The first-order valence-corrected chi connectivity index (χ1v) is 16.1. The van der Waals surface area contributed by atoms with Gasteiger partial charge in [-0.25, -0.2) is 9.00 Å². The third-order valence-electron chi connectivity index (χ3n) is 7.27. The molecule has 0 radical (unpaired) electrons. The number of esters is 1. The van der Waals surface area contributed by atoms with Crippen molar-refractivity contribution in [3.8, 4) is 16.9 Å². The molecule has 0 aliphatic carbocycles. The van der Waals surface area contributed by atoms with Crippen LogP contribution < -0.4 is 14.4 Å². The molecule has 2 atom stereocenters. The Balaban J connectivity index is 1.50. The highest BCUT2D eigenvalue weighted by Crippen LogP contribution is 2.34. The van der Waals surface area contributed by atoms with Gasteiger partial charge in [0.1, 0.15) is 23.0 Å². The highest BCUT2D eigenvalue weighted by Gasteiger charge is 2.36. The van der Waals surface area contributed by atoms with Gasteiger partial charge in [0.2, 0.25) is 0 Å². The van der Waals surface area contributed by atoms with Crippen LogP contribution in [0.15, 0.2) is 71.1 Å². The fourth-order valence-electron chi connectivity index (χ4n) is 4.95. The molecule has 0 saturated carbocycles. The lowest BCUT2D eigenvalue weighted by atomic mass is 10.0. The third kappa shape index (κ3) is 8.38. The summed E-state index contributed by atoms with van der Waals surface area (Å²) in [7, 11) is 3.30. The number of fused-ring (bicyclic) bond motifs is 1. The minimum atomic E-state index is -2.48. The van der Waals surface area contributed by atoms with Crippen molar-refractivity contribution in [3.63, 3.8) is 0 Å². The zero-order valence-electron chi connectivity index (χ0n) is 27.8. The summed E-state index contributed by atoms with van der Waals surface area (Å²) in [5.41, 5.74) is 2.90. The van der Waals surface area contributed by atoms with Gasteiger partial charge in [0.15, 0.2) is 12.4 Å². The fraction of sp³-hybridized carbons (Fsp3) is 0.343. The van der Waals surface area contributed by atoms with E-state index in [4.69, 9.17) is 13.9 Å². The predicted molar refractivity (Wildman–Crippen MR) is 183 cm³/mol. The standard InChI is InChI=1S/C35H41N3O8S/c1-21(2)31(34(41)46-35(4,5)6)38(47(42)43)26-18-14-24(15-19-26)23-12-16-25(17-13-23)36-33(40)32-22(3)30-27(10-9-11-28(30)45-32)44-20-29(39)37(7)8/h9-19,21,31H,20H2,1-8H3,(H,36,40)(H,42,43). The first kappa shape index (κ1) is 35.2. The smallest absolute Gasteiger partial charge is 0.330 e. The number of carbonyl (C=O) groups excluding carboxylic acids is 3. The molecule has 250 valence electrons. The number of nitrogens with zero attached hydrogens (tertiary/aromatic N) is 2. The molecular weight excluding hydrogens is 622 g/mol. The van der Waals surface area contributed by atoms with E-state index in [0.29, 0.717) is 33.7 Å². The van der Waals surface area contributed by atoms with Gasteiger partial charge in [-0.1, -0.05) is 44.2 Å². The van der Waals surface area contributed by atoms with Gasteiger partial charge in [-0.15, -0.1) is 0 Å². The van der Waals surface area contributed by atoms with E-state index in [0.717, 1.165) is 15.4 Å². The van der Waals surface area contributed by atoms with E-state index in [2.05, 4.69) is 5.32 Å². The van der Waals surface area contributed by atoms with Crippen LogP contribution in [-0.4, -0.2) is 63.8 Å². The maximum Gasteiger partial charge on any atom is 0.330 e. The molecule has 0 fully saturated rings. The van der Waals surface area contributed by atoms with Crippen molar-refractivity contribution in [3.05, 3.63) is 78.1 Å². The van der Waals surface area contributed by atoms with Crippen LogP contribution in [0.2, 0.25) is 0 Å². The average Bonchev–Trinajstić information content (AvgIpc) is 3.34. The van der Waals surface area contributed by atoms with E-state index in [-0.39, 0.29) is 24.2 Å². The van der Waals surface area contributed by atoms with E-state index >= 15 is 0 Å². The van der Waals surface area contributed by atoms with E-state index < -0.39 is 34.8 Å². The summed E-state index contributed by atoms with van der Waals surface area (Å²) < 4.78 is 40.9. The molecule has 0 bridgehead atoms. The Kier molecular flexibility index (Phi) is 10.8. The lowest BCUT2D eigenvalue weighted by molar-refractivity contribution is -0.157. The van der Waals surface area contributed by atoms with Crippen LogP contribution in [0, 0.1) is 12.8 Å². The monoisotopic (exact) mass is 663 g/mol. The van der Waals surface area contributed by atoms with Crippen LogP contribution in [0.25, 0.3) is 22.1 Å². The number of aryl methyl sites for hydroxylation is 1. The summed E-state index contributed by atoms with van der Waals surface area (Å²) >= 11 is -2.48. The number of benzene rings is 3. The van der Waals surface area contributed by atoms with E-state index in [1.165, 1.54) is 4.90 Å². The Labute approximate surface area is 277 Å². The number of amides is 2. The van der Waals surface area contributed by atoms with Gasteiger partial charge in [-0.05, 0) is 81.1 Å². The van der Waals surface area contributed by atoms with Crippen LogP contribution in [0.4, 0.5) is 11.4 Å². The van der Waals surface area contributed by atoms with Gasteiger partial charge < -0.3 is 24.1 Å². The van der Waals surface area contributed by atoms with E-state index in [9.17, 15) is 23.1 Å². The van der Waals surface area contributed by atoms with Gasteiger partial charge in [0.05, 0.1) is 11.1 Å². The predicted octanol–water partition coefficient (Wildman–Crippen LogP) is 6.44. The summed E-state index contributed by atoms with van der Waals surface area (Å²) in [6.45, 7) is 10.5. The van der Waals surface area contributed by atoms with Crippen molar-refractivity contribution in [1.29, 1.82) is 0 Å². The molecule has 11 nitrogen and oxygen atoms in total. The van der Waals surface area contributed by atoms with Gasteiger partial charge in [-0.3, -0.25) is 18.4 Å². The first-order chi connectivity index (χ1) is 22.1. The number of furan rings is 1. The molecular formula is C35H41N3O8S. The Morgan fingerprint density at radius 2 is 1.55 bits per heavy atom. The number of hydrogen-bond acceptors (Lipinski definition) is 7. The molecule has 4 rings (SSSR count). The summed E-state index contributed by atoms with van der Waals surface area (Å²) in [6, 6.07) is 18.3. The fourth-order valence-corrected chi connectivity index (χ4v) is 5.78. The summed E-state index contributed by atoms with van der Waals surface area (Å²) in [4.78, 5) is 39.7.